The van der Waals surface area contributed by atoms with Gasteiger partial charge < -0.3 is 10.0 Å². The van der Waals surface area contributed by atoms with Gasteiger partial charge in [-0.3, -0.25) is 0 Å². The summed E-state index contributed by atoms with van der Waals surface area (Å²) in [7, 11) is 0. The molecule has 0 fully saturated rings. The van der Waals surface area contributed by atoms with Crippen LogP contribution in [-0.4, -0.2) is 14.7 Å². The molecule has 4 heteroatoms. The van der Waals surface area contributed by atoms with Crippen LogP contribution in [-0.2, 0) is 6.61 Å². The summed E-state index contributed by atoms with van der Waals surface area (Å²) in [5.74, 6) is 0. The molecule has 5 aromatic rings. The largest absolute Gasteiger partial charge is 0.428 e. The summed E-state index contributed by atoms with van der Waals surface area (Å²) in [6, 6.07) is 30.0. The van der Waals surface area contributed by atoms with Crippen molar-refractivity contribution in [3.05, 3.63) is 109 Å². The maximum Gasteiger partial charge on any atom is 0.140 e. The number of benzene rings is 3. The van der Waals surface area contributed by atoms with E-state index < -0.39 is 0 Å². The van der Waals surface area contributed by atoms with Gasteiger partial charge in [-0.05, 0) is 29.8 Å². The summed E-state index contributed by atoms with van der Waals surface area (Å²) in [5.41, 5.74) is 3.12. The number of aromatic nitrogens is 2. The third-order valence-corrected chi connectivity index (χ3v) is 4.36. The first kappa shape index (κ1) is 16.8. The van der Waals surface area contributed by atoms with Crippen molar-refractivity contribution >= 4 is 21.8 Å². The molecule has 4 nitrogen and oxygen atoms in total. The molecular formula is C23H20N2O2. The van der Waals surface area contributed by atoms with Crippen molar-refractivity contribution in [1.82, 2.24) is 9.46 Å². The van der Waals surface area contributed by atoms with Gasteiger partial charge in [0, 0.05) is 23.2 Å². The first-order valence-corrected chi connectivity index (χ1v) is 8.80. The van der Waals surface area contributed by atoms with E-state index in [1.165, 1.54) is 10.9 Å². The van der Waals surface area contributed by atoms with Gasteiger partial charge in [0.05, 0.1) is 11.0 Å². The summed E-state index contributed by atoms with van der Waals surface area (Å²) in [5, 5.41) is 11.4. The average molecular weight is 356 g/mol. The Kier molecular flexibility index (Phi) is 4.79. The minimum absolute atomic E-state index is 0.583. The predicted molar refractivity (Wildman–Crippen MR) is 108 cm³/mol. The molecule has 3 aromatic carbocycles. The number of nitrogens with zero attached hydrogens (tertiary/aromatic N) is 2. The third-order valence-electron chi connectivity index (χ3n) is 4.36. The Hall–Kier alpha value is -3.66. The fourth-order valence-electron chi connectivity index (χ4n) is 2.96. The first-order chi connectivity index (χ1) is 13.3. The zero-order valence-corrected chi connectivity index (χ0v) is 14.8. The van der Waals surface area contributed by atoms with Gasteiger partial charge in [-0.1, -0.05) is 66.7 Å². The van der Waals surface area contributed by atoms with Gasteiger partial charge in [0.2, 0.25) is 0 Å². The molecule has 0 saturated carbocycles. The fraction of sp³-hybridized carbons (Fsp3) is 0.0435. The van der Waals surface area contributed by atoms with E-state index >= 15 is 0 Å². The number of hydrogen-bond acceptors (Lipinski definition) is 2. The second kappa shape index (κ2) is 7.70. The van der Waals surface area contributed by atoms with Crippen molar-refractivity contribution in [2.75, 3.05) is 0 Å². The molecule has 1 N–H and O–H groups in total. The van der Waals surface area contributed by atoms with Gasteiger partial charge in [0.1, 0.15) is 6.61 Å². The normalized spacial score (nSPS) is 10.5. The van der Waals surface area contributed by atoms with Gasteiger partial charge in [-0.25, -0.2) is 0 Å². The summed E-state index contributed by atoms with van der Waals surface area (Å²) in [6.07, 6.45) is 3.58. The van der Waals surface area contributed by atoms with Crippen LogP contribution in [0.5, 0.6) is 0 Å². The zero-order valence-electron chi connectivity index (χ0n) is 14.8. The van der Waals surface area contributed by atoms with Crippen molar-refractivity contribution in [1.29, 1.82) is 0 Å². The van der Waals surface area contributed by atoms with Crippen LogP contribution in [0.3, 0.4) is 0 Å². The van der Waals surface area contributed by atoms with Gasteiger partial charge >= 0.3 is 0 Å². The molecule has 27 heavy (non-hydrogen) atoms. The van der Waals surface area contributed by atoms with Crippen LogP contribution in [0.2, 0.25) is 0 Å². The topological polar surface area (TPSA) is 39.3 Å². The summed E-state index contributed by atoms with van der Waals surface area (Å²) < 4.78 is 2.94. The van der Waals surface area contributed by atoms with Crippen molar-refractivity contribution < 1.29 is 10.0 Å². The average Bonchev–Trinajstić information content (AvgIpc) is 3.32. The molecule has 0 saturated heterocycles. The SMILES string of the molecule is On1ccc2ccccc21.c1ccc(COn2ccc3ccccc32)cc1. The van der Waals surface area contributed by atoms with Gasteiger partial charge in [0.25, 0.3) is 0 Å². The van der Waals surface area contributed by atoms with Crippen LogP contribution in [0.25, 0.3) is 21.8 Å². The van der Waals surface area contributed by atoms with E-state index in [2.05, 4.69) is 30.3 Å². The number of fused-ring (bicyclic) bond motifs is 2. The quantitative estimate of drug-likeness (QED) is 0.454. The highest BCUT2D eigenvalue weighted by Gasteiger charge is 2.00. The molecule has 5 rings (SSSR count). The van der Waals surface area contributed by atoms with Crippen LogP contribution in [0.1, 0.15) is 5.56 Å². The standard InChI is InChI=1S/C15H13NO.C8H7NO/c1-2-6-13(7-3-1)12-17-16-11-10-14-8-4-5-9-15(14)16;10-9-6-5-7-3-1-2-4-8(7)9/h1-11H,12H2;1-6,10H. The highest BCUT2D eigenvalue weighted by Crippen LogP contribution is 2.14. The molecule has 134 valence electrons. The summed E-state index contributed by atoms with van der Waals surface area (Å²) in [6.45, 7) is 0.583. The molecule has 0 aliphatic heterocycles. The van der Waals surface area contributed by atoms with Crippen molar-refractivity contribution in [3.8, 4) is 0 Å². The lowest BCUT2D eigenvalue weighted by Crippen LogP contribution is -2.09. The van der Waals surface area contributed by atoms with E-state index in [9.17, 15) is 0 Å². The maximum atomic E-state index is 9.13. The van der Waals surface area contributed by atoms with Crippen LogP contribution < -0.4 is 4.84 Å². The van der Waals surface area contributed by atoms with Gasteiger partial charge in [-0.15, -0.1) is 0 Å². The Morgan fingerprint density at radius 1 is 0.630 bits per heavy atom. The van der Waals surface area contributed by atoms with Crippen LogP contribution >= 0.6 is 0 Å². The molecule has 0 amide bonds. The Labute approximate surface area is 157 Å². The van der Waals surface area contributed by atoms with E-state index in [4.69, 9.17) is 10.0 Å². The molecule has 0 aliphatic carbocycles. The predicted octanol–water partition coefficient (Wildman–Crippen LogP) is 5.15. The molecule has 2 heterocycles. The van der Waals surface area contributed by atoms with E-state index in [-0.39, 0.29) is 0 Å². The Morgan fingerprint density at radius 3 is 1.96 bits per heavy atom. The van der Waals surface area contributed by atoms with Crippen LogP contribution in [0.15, 0.2) is 103 Å². The first-order valence-electron chi connectivity index (χ1n) is 8.80. The van der Waals surface area contributed by atoms with Gasteiger partial charge in [-0.2, -0.15) is 9.46 Å². The van der Waals surface area contributed by atoms with E-state index in [1.807, 2.05) is 71.6 Å². The second-order valence-corrected chi connectivity index (χ2v) is 6.18. The van der Waals surface area contributed by atoms with E-state index in [0.29, 0.717) is 6.61 Å². The highest BCUT2D eigenvalue weighted by molar-refractivity contribution is 5.80. The maximum absolute atomic E-state index is 9.13. The molecule has 0 radical (unpaired) electrons. The lowest BCUT2D eigenvalue weighted by Gasteiger charge is -2.08. The summed E-state index contributed by atoms with van der Waals surface area (Å²) in [4.78, 5) is 5.76. The monoisotopic (exact) mass is 356 g/mol. The second-order valence-electron chi connectivity index (χ2n) is 6.18. The minimum Gasteiger partial charge on any atom is -0.428 e. The molecule has 0 atom stereocenters. The molecule has 0 spiro atoms. The van der Waals surface area contributed by atoms with Crippen molar-refractivity contribution in [2.24, 2.45) is 0 Å². The molecule has 0 unspecified atom stereocenters. The minimum atomic E-state index is 0.583. The number of para-hydroxylation sites is 2. The van der Waals surface area contributed by atoms with Crippen LogP contribution in [0.4, 0.5) is 0 Å². The molecule has 2 aromatic heterocycles. The zero-order chi connectivity index (χ0) is 18.5. The Balaban J connectivity index is 0.000000153. The third kappa shape index (κ3) is 3.80. The van der Waals surface area contributed by atoms with E-state index in [0.717, 1.165) is 21.2 Å². The summed E-state index contributed by atoms with van der Waals surface area (Å²) >= 11 is 0. The smallest absolute Gasteiger partial charge is 0.140 e. The van der Waals surface area contributed by atoms with Crippen molar-refractivity contribution in [2.45, 2.75) is 6.61 Å². The number of hydrogen-bond donors (Lipinski definition) is 1. The van der Waals surface area contributed by atoms with Crippen molar-refractivity contribution in [3.63, 3.8) is 0 Å². The van der Waals surface area contributed by atoms with Gasteiger partial charge in [0.15, 0.2) is 0 Å². The van der Waals surface area contributed by atoms with Crippen LogP contribution in [0, 0.1) is 0 Å². The molecular weight excluding hydrogens is 336 g/mol. The Bertz CT molecular complexity index is 1140. The number of rotatable bonds is 3. The van der Waals surface area contributed by atoms with E-state index in [1.54, 1.807) is 6.20 Å². The fourth-order valence-corrected chi connectivity index (χ4v) is 2.96. The highest BCUT2D eigenvalue weighted by atomic mass is 16.7. The lowest BCUT2D eigenvalue weighted by molar-refractivity contribution is 0.107. The lowest BCUT2D eigenvalue weighted by atomic mass is 10.2. The molecule has 0 aliphatic rings. The molecule has 0 bridgehead atoms. The Morgan fingerprint density at radius 2 is 1.22 bits per heavy atom.